The molecule has 1 aromatic heterocycles. The maximum absolute atomic E-state index is 11.4. The molecule has 0 bridgehead atoms. The predicted molar refractivity (Wildman–Crippen MR) is 91.2 cm³/mol. The highest BCUT2D eigenvalue weighted by molar-refractivity contribution is 14.0. The van der Waals surface area contributed by atoms with Gasteiger partial charge in [-0.25, -0.2) is 0 Å². The van der Waals surface area contributed by atoms with Gasteiger partial charge in [-0.15, -0.1) is 35.3 Å². The Bertz CT molecular complexity index is 392. The van der Waals surface area contributed by atoms with E-state index in [1.165, 1.54) is 4.88 Å². The fraction of sp³-hybridized carbons (Fsp3) is 0.500. The van der Waals surface area contributed by atoms with E-state index in [2.05, 4.69) is 21.7 Å². The smallest absolute Gasteiger partial charge is 0.223 e. The average Bonchev–Trinajstić information content (AvgIpc) is 2.86. The zero-order valence-electron chi connectivity index (χ0n) is 11.5. The van der Waals surface area contributed by atoms with Gasteiger partial charge in [-0.2, -0.15) is 0 Å². The van der Waals surface area contributed by atoms with E-state index in [0.717, 1.165) is 12.5 Å². The summed E-state index contributed by atoms with van der Waals surface area (Å²) in [4.78, 5) is 18.3. The second kappa shape index (κ2) is 10.0. The highest BCUT2D eigenvalue weighted by Gasteiger charge is 2.04. The van der Waals surface area contributed by atoms with Gasteiger partial charge in [0.1, 0.15) is 0 Å². The number of halogens is 1. The van der Waals surface area contributed by atoms with Gasteiger partial charge in [0.15, 0.2) is 5.96 Å². The van der Waals surface area contributed by atoms with Crippen molar-refractivity contribution < 1.29 is 4.79 Å². The van der Waals surface area contributed by atoms with Gasteiger partial charge in [0.2, 0.25) is 5.91 Å². The molecule has 0 aliphatic carbocycles. The molecule has 5 nitrogen and oxygen atoms in total. The molecule has 0 aliphatic heterocycles. The van der Waals surface area contributed by atoms with Crippen LogP contribution in [0.1, 0.15) is 11.3 Å². The van der Waals surface area contributed by atoms with Crippen LogP contribution < -0.4 is 10.6 Å². The summed E-state index contributed by atoms with van der Waals surface area (Å²) in [6.45, 7) is 1.33. The Balaban J connectivity index is 0.00000324. The average molecular weight is 396 g/mol. The maximum Gasteiger partial charge on any atom is 0.223 e. The molecule has 7 heteroatoms. The van der Waals surface area contributed by atoms with Crippen molar-refractivity contribution in [3.63, 3.8) is 0 Å². The molecular weight excluding hydrogens is 375 g/mol. The lowest BCUT2D eigenvalue weighted by Gasteiger charge is -2.13. The number of carbonyl (C=O) groups is 1. The van der Waals surface area contributed by atoms with Crippen molar-refractivity contribution in [2.24, 2.45) is 4.99 Å². The van der Waals surface area contributed by atoms with Crippen molar-refractivity contribution in [3.05, 3.63) is 22.4 Å². The number of hydrogen-bond acceptors (Lipinski definition) is 3. The Morgan fingerprint density at radius 2 is 2.16 bits per heavy atom. The Morgan fingerprint density at radius 3 is 2.68 bits per heavy atom. The first kappa shape index (κ1) is 18.2. The van der Waals surface area contributed by atoms with Gasteiger partial charge in [0, 0.05) is 39.0 Å². The van der Waals surface area contributed by atoms with E-state index in [1.807, 2.05) is 11.4 Å². The van der Waals surface area contributed by atoms with E-state index in [9.17, 15) is 4.79 Å². The van der Waals surface area contributed by atoms with Crippen molar-refractivity contribution in [2.45, 2.75) is 13.0 Å². The molecule has 0 saturated heterocycles. The second-order valence-electron chi connectivity index (χ2n) is 3.97. The topological polar surface area (TPSA) is 56.7 Å². The third-order valence-corrected chi connectivity index (χ3v) is 3.24. The van der Waals surface area contributed by atoms with Crippen LogP contribution in [-0.2, 0) is 11.3 Å². The summed E-state index contributed by atoms with van der Waals surface area (Å²) in [5, 5.41) is 8.36. The summed E-state index contributed by atoms with van der Waals surface area (Å²) in [5.41, 5.74) is 0. The van der Waals surface area contributed by atoms with Crippen LogP contribution in [0, 0.1) is 0 Å². The number of nitrogens with one attached hydrogen (secondary N) is 2. The SMILES string of the molecule is CN=C(NCCC(=O)N(C)C)NCc1cccs1.I. The van der Waals surface area contributed by atoms with Crippen molar-refractivity contribution in [2.75, 3.05) is 27.7 Å². The molecule has 0 fully saturated rings. The first-order valence-electron chi connectivity index (χ1n) is 5.80. The highest BCUT2D eigenvalue weighted by atomic mass is 127. The van der Waals surface area contributed by atoms with Crippen LogP contribution in [-0.4, -0.2) is 44.5 Å². The fourth-order valence-electron chi connectivity index (χ4n) is 1.32. The number of guanidine groups is 1. The molecule has 19 heavy (non-hydrogen) atoms. The van der Waals surface area contributed by atoms with E-state index in [-0.39, 0.29) is 29.9 Å². The molecule has 1 amide bonds. The van der Waals surface area contributed by atoms with Crippen molar-refractivity contribution >= 4 is 47.2 Å². The molecule has 0 unspecified atom stereocenters. The first-order chi connectivity index (χ1) is 8.63. The molecule has 0 atom stereocenters. The van der Waals surface area contributed by atoms with Gasteiger partial charge < -0.3 is 15.5 Å². The number of nitrogens with zero attached hydrogens (tertiary/aromatic N) is 2. The number of hydrogen-bond donors (Lipinski definition) is 2. The Hall–Kier alpha value is -0.830. The number of rotatable bonds is 5. The van der Waals surface area contributed by atoms with Gasteiger partial charge in [0.25, 0.3) is 0 Å². The standard InChI is InChI=1S/C12H20N4OS.HI/c1-13-12(14-7-6-11(17)16(2)3)15-9-10-5-4-8-18-10;/h4-5,8H,6-7,9H2,1-3H3,(H2,13,14,15);1H. The van der Waals surface area contributed by atoms with E-state index in [1.54, 1.807) is 37.4 Å². The monoisotopic (exact) mass is 396 g/mol. The van der Waals surface area contributed by atoms with Crippen molar-refractivity contribution in [3.8, 4) is 0 Å². The minimum Gasteiger partial charge on any atom is -0.356 e. The summed E-state index contributed by atoms with van der Waals surface area (Å²) in [7, 11) is 5.23. The Labute approximate surface area is 135 Å². The number of thiophene rings is 1. The molecule has 0 saturated carbocycles. The Morgan fingerprint density at radius 1 is 1.42 bits per heavy atom. The number of aliphatic imine (C=N–C) groups is 1. The van der Waals surface area contributed by atoms with E-state index < -0.39 is 0 Å². The molecule has 108 valence electrons. The summed E-state index contributed by atoms with van der Waals surface area (Å²) in [6, 6.07) is 4.09. The highest BCUT2D eigenvalue weighted by Crippen LogP contribution is 2.06. The number of carbonyl (C=O) groups excluding carboxylic acids is 1. The maximum atomic E-state index is 11.4. The third kappa shape index (κ3) is 7.36. The molecule has 0 spiro atoms. The second-order valence-corrected chi connectivity index (χ2v) is 5.00. The third-order valence-electron chi connectivity index (χ3n) is 2.36. The lowest BCUT2D eigenvalue weighted by molar-refractivity contribution is -0.128. The summed E-state index contributed by atoms with van der Waals surface area (Å²) in [5.74, 6) is 0.825. The fourth-order valence-corrected chi connectivity index (χ4v) is 1.96. The molecule has 2 N–H and O–H groups in total. The van der Waals surface area contributed by atoms with Crippen LogP contribution in [0.25, 0.3) is 0 Å². The lowest BCUT2D eigenvalue weighted by atomic mass is 10.4. The molecule has 0 aliphatic rings. The van der Waals surface area contributed by atoms with Gasteiger partial charge >= 0.3 is 0 Å². The minimum absolute atomic E-state index is 0. The largest absolute Gasteiger partial charge is 0.356 e. The van der Waals surface area contributed by atoms with Crippen molar-refractivity contribution in [1.29, 1.82) is 0 Å². The predicted octanol–water partition coefficient (Wildman–Crippen LogP) is 1.51. The van der Waals surface area contributed by atoms with Gasteiger partial charge in [-0.05, 0) is 11.4 Å². The van der Waals surface area contributed by atoms with Crippen LogP contribution in [0.4, 0.5) is 0 Å². The van der Waals surface area contributed by atoms with Gasteiger partial charge in [-0.3, -0.25) is 9.79 Å². The van der Waals surface area contributed by atoms with Gasteiger partial charge in [-0.1, -0.05) is 6.07 Å². The molecule has 0 aromatic carbocycles. The zero-order chi connectivity index (χ0) is 13.4. The molecule has 1 rings (SSSR count). The van der Waals surface area contributed by atoms with E-state index in [4.69, 9.17) is 0 Å². The lowest BCUT2D eigenvalue weighted by Crippen LogP contribution is -2.38. The van der Waals surface area contributed by atoms with Crippen LogP contribution >= 0.6 is 35.3 Å². The first-order valence-corrected chi connectivity index (χ1v) is 6.68. The van der Waals surface area contributed by atoms with Crippen molar-refractivity contribution in [1.82, 2.24) is 15.5 Å². The van der Waals surface area contributed by atoms with Crippen LogP contribution in [0.3, 0.4) is 0 Å². The zero-order valence-corrected chi connectivity index (χ0v) is 14.6. The van der Waals surface area contributed by atoms with Crippen LogP contribution in [0.15, 0.2) is 22.5 Å². The minimum atomic E-state index is 0. The van der Waals surface area contributed by atoms with Crippen LogP contribution in [0.5, 0.6) is 0 Å². The summed E-state index contributed by atoms with van der Waals surface area (Å²) < 4.78 is 0. The van der Waals surface area contributed by atoms with Crippen LogP contribution in [0.2, 0.25) is 0 Å². The Kier molecular flexibility index (Phi) is 9.58. The van der Waals surface area contributed by atoms with E-state index in [0.29, 0.717) is 13.0 Å². The molecule has 1 heterocycles. The molecular formula is C12H21IN4OS. The molecule has 0 radical (unpaired) electrons. The number of amides is 1. The van der Waals surface area contributed by atoms with E-state index >= 15 is 0 Å². The molecule has 1 aromatic rings. The normalized spacial score (nSPS) is 10.6. The quantitative estimate of drug-likeness (QED) is 0.451. The summed E-state index contributed by atoms with van der Waals surface area (Å²) in [6.07, 6.45) is 0.465. The summed E-state index contributed by atoms with van der Waals surface area (Å²) >= 11 is 1.70. The van der Waals surface area contributed by atoms with Gasteiger partial charge in [0.05, 0.1) is 6.54 Å².